The molecule has 3 N–H and O–H groups in total. The SMILES string of the molecule is CCNCCc1c(C)[nH]c(C=C2C(=O)NN=C2c2cccnn2)c1C. The fourth-order valence-corrected chi connectivity index (χ4v) is 2.96. The lowest BCUT2D eigenvalue weighted by atomic mass is 10.0. The average Bonchev–Trinajstić information content (AvgIpc) is 3.11. The molecule has 3 heterocycles. The van der Waals surface area contributed by atoms with Gasteiger partial charge in [-0.3, -0.25) is 4.79 Å². The highest BCUT2D eigenvalue weighted by Crippen LogP contribution is 2.23. The molecule has 130 valence electrons. The van der Waals surface area contributed by atoms with Crippen molar-refractivity contribution in [1.82, 2.24) is 25.9 Å². The molecule has 0 fully saturated rings. The minimum absolute atomic E-state index is 0.235. The minimum Gasteiger partial charge on any atom is -0.359 e. The molecule has 0 spiro atoms. The summed E-state index contributed by atoms with van der Waals surface area (Å²) in [6, 6.07) is 3.56. The number of likely N-dealkylation sites (N-methyl/N-ethyl adjacent to an activating group) is 1. The highest BCUT2D eigenvalue weighted by Gasteiger charge is 2.26. The number of nitrogens with zero attached hydrogens (tertiary/aromatic N) is 3. The molecular formula is C18H22N6O. The van der Waals surface area contributed by atoms with E-state index in [9.17, 15) is 4.79 Å². The number of carbonyl (C=O) groups excluding carboxylic acids is 1. The molecule has 0 atom stereocenters. The monoisotopic (exact) mass is 338 g/mol. The number of amides is 1. The van der Waals surface area contributed by atoms with Crippen LogP contribution in [0.25, 0.3) is 6.08 Å². The molecule has 2 aromatic rings. The van der Waals surface area contributed by atoms with Gasteiger partial charge in [0.1, 0.15) is 11.4 Å². The van der Waals surface area contributed by atoms with Crippen LogP contribution in [0.1, 0.15) is 35.1 Å². The van der Waals surface area contributed by atoms with Crippen LogP contribution < -0.4 is 10.7 Å². The lowest BCUT2D eigenvalue weighted by molar-refractivity contribution is -0.116. The van der Waals surface area contributed by atoms with Crippen molar-refractivity contribution in [3.05, 3.63) is 52.1 Å². The fraction of sp³-hybridized carbons (Fsp3) is 0.333. The Hall–Kier alpha value is -2.80. The van der Waals surface area contributed by atoms with E-state index in [2.05, 4.69) is 51.8 Å². The summed E-state index contributed by atoms with van der Waals surface area (Å²) in [5.41, 5.74) is 8.56. The van der Waals surface area contributed by atoms with Gasteiger partial charge in [-0.25, -0.2) is 5.43 Å². The molecule has 2 aromatic heterocycles. The number of aromatic amines is 1. The first kappa shape index (κ1) is 17.0. The molecule has 25 heavy (non-hydrogen) atoms. The molecule has 0 saturated carbocycles. The van der Waals surface area contributed by atoms with Gasteiger partial charge in [0.25, 0.3) is 5.91 Å². The van der Waals surface area contributed by atoms with E-state index in [0.717, 1.165) is 36.5 Å². The van der Waals surface area contributed by atoms with Crippen LogP contribution in [0.15, 0.2) is 29.0 Å². The van der Waals surface area contributed by atoms with Gasteiger partial charge in [-0.1, -0.05) is 6.92 Å². The maximum atomic E-state index is 12.2. The zero-order valence-electron chi connectivity index (χ0n) is 14.7. The van der Waals surface area contributed by atoms with Crippen LogP contribution >= 0.6 is 0 Å². The molecule has 0 bridgehead atoms. The summed E-state index contributed by atoms with van der Waals surface area (Å²) >= 11 is 0. The number of nitrogens with one attached hydrogen (secondary N) is 3. The van der Waals surface area contributed by atoms with Crippen molar-refractivity contribution in [1.29, 1.82) is 0 Å². The van der Waals surface area contributed by atoms with Crippen LogP contribution in [-0.4, -0.2) is 39.9 Å². The Kier molecular flexibility index (Phi) is 5.04. The van der Waals surface area contributed by atoms with E-state index in [-0.39, 0.29) is 5.91 Å². The average molecular weight is 338 g/mol. The van der Waals surface area contributed by atoms with Gasteiger partial charge in [-0.05, 0) is 62.7 Å². The van der Waals surface area contributed by atoms with Gasteiger partial charge in [0.15, 0.2) is 0 Å². The summed E-state index contributed by atoms with van der Waals surface area (Å²) in [4.78, 5) is 15.6. The highest BCUT2D eigenvalue weighted by atomic mass is 16.2. The van der Waals surface area contributed by atoms with Crippen LogP contribution in [0, 0.1) is 13.8 Å². The van der Waals surface area contributed by atoms with Crippen molar-refractivity contribution in [2.45, 2.75) is 27.2 Å². The van der Waals surface area contributed by atoms with Crippen molar-refractivity contribution < 1.29 is 4.79 Å². The number of rotatable bonds is 6. The largest absolute Gasteiger partial charge is 0.359 e. The first-order chi connectivity index (χ1) is 12.1. The molecule has 3 rings (SSSR count). The Balaban J connectivity index is 1.93. The fourth-order valence-electron chi connectivity index (χ4n) is 2.96. The third kappa shape index (κ3) is 3.51. The smallest absolute Gasteiger partial charge is 0.273 e. The molecule has 1 aliphatic rings. The van der Waals surface area contributed by atoms with Crippen LogP contribution in [0.3, 0.4) is 0 Å². The van der Waals surface area contributed by atoms with Gasteiger partial charge >= 0.3 is 0 Å². The Labute approximate surface area is 146 Å². The predicted octanol–water partition coefficient (Wildman–Crippen LogP) is 1.49. The number of carbonyl (C=O) groups is 1. The maximum Gasteiger partial charge on any atom is 0.273 e. The molecular weight excluding hydrogens is 316 g/mol. The number of H-pyrrole nitrogens is 1. The number of hydrogen-bond acceptors (Lipinski definition) is 5. The number of hydrogen-bond donors (Lipinski definition) is 3. The van der Waals surface area contributed by atoms with Crippen molar-refractivity contribution >= 4 is 17.7 Å². The van der Waals surface area contributed by atoms with E-state index in [4.69, 9.17) is 0 Å². The maximum absolute atomic E-state index is 12.2. The highest BCUT2D eigenvalue weighted by molar-refractivity contribution is 6.32. The molecule has 0 aliphatic carbocycles. The molecule has 0 saturated heterocycles. The van der Waals surface area contributed by atoms with E-state index in [1.54, 1.807) is 18.3 Å². The summed E-state index contributed by atoms with van der Waals surface area (Å²) in [6.07, 6.45) is 4.38. The first-order valence-corrected chi connectivity index (χ1v) is 8.38. The van der Waals surface area contributed by atoms with Gasteiger partial charge in [0.05, 0.1) is 5.57 Å². The molecule has 7 nitrogen and oxygen atoms in total. The molecule has 7 heteroatoms. The van der Waals surface area contributed by atoms with E-state index in [1.165, 1.54) is 5.56 Å². The van der Waals surface area contributed by atoms with Crippen molar-refractivity contribution in [2.24, 2.45) is 5.10 Å². The molecule has 0 radical (unpaired) electrons. The summed E-state index contributed by atoms with van der Waals surface area (Å²) in [6.45, 7) is 8.11. The topological polar surface area (TPSA) is 95.1 Å². The first-order valence-electron chi connectivity index (χ1n) is 8.38. The third-order valence-electron chi connectivity index (χ3n) is 4.31. The van der Waals surface area contributed by atoms with Crippen LogP contribution in [0.2, 0.25) is 0 Å². The van der Waals surface area contributed by atoms with Gasteiger partial charge < -0.3 is 10.3 Å². The summed E-state index contributed by atoms with van der Waals surface area (Å²) in [5.74, 6) is -0.235. The summed E-state index contributed by atoms with van der Waals surface area (Å²) < 4.78 is 0. The number of hydrazone groups is 1. The summed E-state index contributed by atoms with van der Waals surface area (Å²) in [5, 5.41) is 15.4. The third-order valence-corrected chi connectivity index (χ3v) is 4.31. The Morgan fingerprint density at radius 2 is 2.16 bits per heavy atom. The van der Waals surface area contributed by atoms with Crippen LogP contribution in [0.5, 0.6) is 0 Å². The second kappa shape index (κ2) is 7.40. The number of aromatic nitrogens is 3. The lowest BCUT2D eigenvalue weighted by Crippen LogP contribution is -2.16. The molecule has 0 unspecified atom stereocenters. The Morgan fingerprint density at radius 3 is 2.88 bits per heavy atom. The standard InChI is InChI=1S/C18H22N6O/c1-4-19-9-7-13-11(2)16(21-12(13)3)10-14-17(23-24-18(14)25)15-6-5-8-20-22-15/h5-6,8,10,19,21H,4,7,9H2,1-3H3,(H,24,25). The second-order valence-corrected chi connectivity index (χ2v) is 5.94. The zero-order chi connectivity index (χ0) is 17.8. The van der Waals surface area contributed by atoms with Crippen molar-refractivity contribution in [3.63, 3.8) is 0 Å². The van der Waals surface area contributed by atoms with Gasteiger partial charge in [0, 0.05) is 17.6 Å². The van der Waals surface area contributed by atoms with Crippen molar-refractivity contribution in [3.8, 4) is 0 Å². The number of aryl methyl sites for hydroxylation is 1. The van der Waals surface area contributed by atoms with E-state index >= 15 is 0 Å². The van der Waals surface area contributed by atoms with Gasteiger partial charge in [-0.15, -0.1) is 5.10 Å². The van der Waals surface area contributed by atoms with Crippen molar-refractivity contribution in [2.75, 3.05) is 13.1 Å². The van der Waals surface area contributed by atoms with Gasteiger partial charge in [-0.2, -0.15) is 10.2 Å². The second-order valence-electron chi connectivity index (χ2n) is 5.94. The Bertz CT molecular complexity index is 835. The molecule has 0 aromatic carbocycles. The molecule has 1 aliphatic heterocycles. The summed E-state index contributed by atoms with van der Waals surface area (Å²) in [7, 11) is 0. The van der Waals surface area contributed by atoms with E-state index < -0.39 is 0 Å². The Morgan fingerprint density at radius 1 is 1.32 bits per heavy atom. The van der Waals surface area contributed by atoms with Crippen LogP contribution in [-0.2, 0) is 11.2 Å². The zero-order valence-corrected chi connectivity index (χ0v) is 14.7. The molecule has 1 amide bonds. The van der Waals surface area contributed by atoms with Gasteiger partial charge in [0.2, 0.25) is 0 Å². The normalized spacial score (nSPS) is 15.6. The van der Waals surface area contributed by atoms with Crippen LogP contribution in [0.4, 0.5) is 0 Å². The lowest BCUT2D eigenvalue weighted by Gasteiger charge is -2.03. The minimum atomic E-state index is -0.235. The quantitative estimate of drug-likeness (QED) is 0.549. The predicted molar refractivity (Wildman–Crippen MR) is 97.2 cm³/mol. The van der Waals surface area contributed by atoms with E-state index in [0.29, 0.717) is 17.0 Å². The van der Waals surface area contributed by atoms with E-state index in [1.807, 2.05) is 6.08 Å².